The Hall–Kier alpha value is -1.04. The molecule has 1 aromatic rings. The molecule has 20 heavy (non-hydrogen) atoms. The van der Waals surface area contributed by atoms with Gasteiger partial charge in [0.05, 0.1) is 0 Å². The quantitative estimate of drug-likeness (QED) is 0.592. The summed E-state index contributed by atoms with van der Waals surface area (Å²) in [6.45, 7) is 6.84. The summed E-state index contributed by atoms with van der Waals surface area (Å²) in [6.07, 6.45) is 11.8. The summed E-state index contributed by atoms with van der Waals surface area (Å²) in [5.74, 6) is 1.55. The smallest absolute Gasteiger partial charge is 0.0159 e. The molecule has 0 heterocycles. The maximum Gasteiger partial charge on any atom is -0.0159 e. The topological polar surface area (TPSA) is 0 Å². The van der Waals surface area contributed by atoms with Crippen LogP contribution in [0.5, 0.6) is 0 Å². The summed E-state index contributed by atoms with van der Waals surface area (Å²) in [5.41, 5.74) is 4.55. The fourth-order valence-electron chi connectivity index (χ4n) is 3.46. The van der Waals surface area contributed by atoms with Crippen LogP contribution < -0.4 is 0 Å². The number of allylic oxidation sites excluding steroid dienone is 2. The third-order valence-electron chi connectivity index (χ3n) is 4.40. The molecule has 1 saturated carbocycles. The van der Waals surface area contributed by atoms with E-state index in [1.54, 1.807) is 5.57 Å². The normalized spacial score (nSPS) is 17.7. The second kappa shape index (κ2) is 7.67. The molecule has 0 heteroatoms. The van der Waals surface area contributed by atoms with Gasteiger partial charge in [-0.25, -0.2) is 0 Å². The zero-order valence-electron chi connectivity index (χ0n) is 13.5. The third-order valence-corrected chi connectivity index (χ3v) is 4.40. The van der Waals surface area contributed by atoms with Crippen molar-refractivity contribution in [2.24, 2.45) is 11.8 Å². The van der Waals surface area contributed by atoms with E-state index in [0.29, 0.717) is 0 Å². The lowest BCUT2D eigenvalue weighted by molar-refractivity contribution is 0.429. The first-order valence-corrected chi connectivity index (χ1v) is 8.50. The average Bonchev–Trinajstić information content (AvgIpc) is 2.46. The van der Waals surface area contributed by atoms with Crippen molar-refractivity contribution < 1.29 is 0 Å². The van der Waals surface area contributed by atoms with Gasteiger partial charge in [0.15, 0.2) is 0 Å². The van der Waals surface area contributed by atoms with Crippen LogP contribution in [-0.4, -0.2) is 0 Å². The predicted molar refractivity (Wildman–Crippen MR) is 89.8 cm³/mol. The zero-order valence-corrected chi connectivity index (χ0v) is 13.5. The lowest BCUT2D eigenvalue weighted by Gasteiger charge is -2.25. The third kappa shape index (κ3) is 4.23. The van der Waals surface area contributed by atoms with E-state index in [-0.39, 0.29) is 0 Å². The molecule has 110 valence electrons. The van der Waals surface area contributed by atoms with Crippen LogP contribution in [0.1, 0.15) is 70.4 Å². The van der Waals surface area contributed by atoms with E-state index in [0.717, 1.165) is 18.3 Å². The van der Waals surface area contributed by atoms with Crippen LogP contribution in [-0.2, 0) is 6.42 Å². The van der Waals surface area contributed by atoms with Crippen LogP contribution in [0.15, 0.2) is 30.3 Å². The van der Waals surface area contributed by atoms with Crippen molar-refractivity contribution in [2.45, 2.75) is 65.7 Å². The lowest BCUT2D eigenvalue weighted by atomic mass is 9.80. The Kier molecular flexibility index (Phi) is 5.88. The minimum absolute atomic E-state index is 0.741. The molecule has 0 spiro atoms. The van der Waals surface area contributed by atoms with E-state index in [9.17, 15) is 0 Å². The van der Waals surface area contributed by atoms with Crippen LogP contribution >= 0.6 is 0 Å². The van der Waals surface area contributed by atoms with Gasteiger partial charge in [0.25, 0.3) is 0 Å². The maximum absolute atomic E-state index is 2.47. The van der Waals surface area contributed by atoms with Gasteiger partial charge in [-0.15, -0.1) is 0 Å². The molecule has 0 radical (unpaired) electrons. The Labute approximate surface area is 125 Å². The molecular formula is C20H30. The second-order valence-corrected chi connectivity index (χ2v) is 6.70. The van der Waals surface area contributed by atoms with Gasteiger partial charge < -0.3 is 0 Å². The van der Waals surface area contributed by atoms with Gasteiger partial charge in [0.1, 0.15) is 0 Å². The Morgan fingerprint density at radius 2 is 1.75 bits per heavy atom. The van der Waals surface area contributed by atoms with Crippen LogP contribution in [0, 0.1) is 11.8 Å². The van der Waals surface area contributed by atoms with Crippen molar-refractivity contribution >= 4 is 5.57 Å². The highest BCUT2D eigenvalue weighted by Crippen LogP contribution is 2.35. The van der Waals surface area contributed by atoms with E-state index >= 15 is 0 Å². The van der Waals surface area contributed by atoms with Crippen LogP contribution in [0.25, 0.3) is 5.57 Å². The number of hydrogen-bond donors (Lipinski definition) is 0. The Balaban J connectivity index is 2.14. The van der Waals surface area contributed by atoms with Crippen LogP contribution in [0.2, 0.25) is 0 Å². The molecule has 0 aromatic heterocycles. The highest BCUT2D eigenvalue weighted by molar-refractivity contribution is 5.67. The van der Waals surface area contributed by atoms with Crippen molar-refractivity contribution in [3.05, 3.63) is 41.5 Å². The van der Waals surface area contributed by atoms with Crippen molar-refractivity contribution in [1.29, 1.82) is 0 Å². The van der Waals surface area contributed by atoms with Crippen LogP contribution in [0.3, 0.4) is 0 Å². The van der Waals surface area contributed by atoms with Gasteiger partial charge in [-0.3, -0.25) is 0 Å². The van der Waals surface area contributed by atoms with Crippen molar-refractivity contribution in [2.75, 3.05) is 0 Å². The van der Waals surface area contributed by atoms with Gasteiger partial charge in [-0.2, -0.15) is 0 Å². The first kappa shape index (κ1) is 15.4. The highest BCUT2D eigenvalue weighted by Gasteiger charge is 2.18. The molecular weight excluding hydrogens is 240 g/mol. The summed E-state index contributed by atoms with van der Waals surface area (Å²) in [6, 6.07) is 9.38. The second-order valence-electron chi connectivity index (χ2n) is 6.70. The Morgan fingerprint density at radius 1 is 1.10 bits per heavy atom. The highest BCUT2D eigenvalue weighted by atomic mass is 14.2. The SMILES string of the molecule is CCC=C(c1ccc(CC(C)C)cc1)C1CCCCC1. The van der Waals surface area contributed by atoms with Gasteiger partial charge in [0, 0.05) is 0 Å². The van der Waals surface area contributed by atoms with Gasteiger partial charge in [0.2, 0.25) is 0 Å². The van der Waals surface area contributed by atoms with E-state index in [1.165, 1.54) is 49.7 Å². The number of benzene rings is 1. The number of hydrogen-bond acceptors (Lipinski definition) is 0. The molecule has 0 nitrogen and oxygen atoms in total. The summed E-state index contributed by atoms with van der Waals surface area (Å²) in [7, 11) is 0. The molecule has 1 aromatic carbocycles. The summed E-state index contributed by atoms with van der Waals surface area (Å²) < 4.78 is 0. The molecule has 2 rings (SSSR count). The van der Waals surface area contributed by atoms with Crippen molar-refractivity contribution in [3.8, 4) is 0 Å². The molecule has 1 aliphatic carbocycles. The average molecular weight is 270 g/mol. The first-order chi connectivity index (χ1) is 9.70. The summed E-state index contributed by atoms with van der Waals surface area (Å²) in [5, 5.41) is 0. The zero-order chi connectivity index (χ0) is 14.4. The molecule has 0 saturated heterocycles. The van der Waals surface area contributed by atoms with Gasteiger partial charge in [-0.1, -0.05) is 70.4 Å². The monoisotopic (exact) mass is 270 g/mol. The Bertz CT molecular complexity index is 416. The van der Waals surface area contributed by atoms with Crippen LogP contribution in [0.4, 0.5) is 0 Å². The number of rotatable bonds is 5. The predicted octanol–water partition coefficient (Wildman–Crippen LogP) is 6.26. The molecule has 0 bridgehead atoms. The van der Waals surface area contributed by atoms with Crippen molar-refractivity contribution in [1.82, 2.24) is 0 Å². The van der Waals surface area contributed by atoms with E-state index in [2.05, 4.69) is 51.1 Å². The fourth-order valence-corrected chi connectivity index (χ4v) is 3.46. The first-order valence-electron chi connectivity index (χ1n) is 8.50. The molecule has 0 amide bonds. The largest absolute Gasteiger partial charge is 0.0807 e. The van der Waals surface area contributed by atoms with E-state index in [1.807, 2.05) is 0 Å². The molecule has 0 unspecified atom stereocenters. The molecule has 0 aliphatic heterocycles. The standard InChI is InChI=1S/C20H30/c1-4-8-20(18-9-6-5-7-10-18)19-13-11-17(12-14-19)15-16(2)3/h8,11-14,16,18H,4-7,9-10,15H2,1-3H3. The summed E-state index contributed by atoms with van der Waals surface area (Å²) in [4.78, 5) is 0. The molecule has 0 N–H and O–H groups in total. The molecule has 0 atom stereocenters. The molecule has 1 fully saturated rings. The minimum atomic E-state index is 0.741. The fraction of sp³-hybridized carbons (Fsp3) is 0.600. The van der Waals surface area contributed by atoms with E-state index < -0.39 is 0 Å². The van der Waals surface area contributed by atoms with Crippen molar-refractivity contribution in [3.63, 3.8) is 0 Å². The van der Waals surface area contributed by atoms with Gasteiger partial charge >= 0.3 is 0 Å². The lowest BCUT2D eigenvalue weighted by Crippen LogP contribution is -2.08. The Morgan fingerprint density at radius 3 is 2.30 bits per heavy atom. The summed E-state index contributed by atoms with van der Waals surface area (Å²) >= 11 is 0. The van der Waals surface area contributed by atoms with E-state index in [4.69, 9.17) is 0 Å². The maximum atomic E-state index is 2.47. The molecule has 1 aliphatic rings. The minimum Gasteiger partial charge on any atom is -0.0807 e. The van der Waals surface area contributed by atoms with Gasteiger partial charge in [-0.05, 0) is 54.2 Å².